The molecule has 0 aliphatic carbocycles. The first-order valence-electron chi connectivity index (χ1n) is 6.47. The summed E-state index contributed by atoms with van der Waals surface area (Å²) in [5, 5.41) is 3.64. The van der Waals surface area contributed by atoms with E-state index in [-0.39, 0.29) is 0 Å². The van der Waals surface area contributed by atoms with E-state index in [1.165, 1.54) is 45.1 Å². The van der Waals surface area contributed by atoms with Crippen molar-refractivity contribution in [2.75, 3.05) is 6.54 Å². The zero-order valence-corrected chi connectivity index (χ0v) is 10.6. The zero-order chi connectivity index (χ0) is 10.8. The quantitative estimate of drug-likeness (QED) is 0.592. The molecule has 0 spiro atoms. The lowest BCUT2D eigenvalue weighted by molar-refractivity contribution is 0.386. The normalized spacial score (nSPS) is 15.4. The van der Waals surface area contributed by atoms with Gasteiger partial charge in [0.25, 0.3) is 0 Å². The van der Waals surface area contributed by atoms with Gasteiger partial charge in [-0.15, -0.1) is 0 Å². The SMILES string of the molecule is CCCCC(CC)CNC(C)CCC. The van der Waals surface area contributed by atoms with Crippen molar-refractivity contribution in [3.8, 4) is 0 Å². The van der Waals surface area contributed by atoms with E-state index in [0.717, 1.165) is 5.92 Å². The fraction of sp³-hybridized carbons (Fsp3) is 1.00. The Hall–Kier alpha value is -0.0400. The molecule has 0 aliphatic heterocycles. The first-order valence-corrected chi connectivity index (χ1v) is 6.47. The highest BCUT2D eigenvalue weighted by Gasteiger charge is 2.07. The summed E-state index contributed by atoms with van der Waals surface area (Å²) in [7, 11) is 0. The Bertz CT molecular complexity index is 112. The van der Waals surface area contributed by atoms with Crippen molar-refractivity contribution in [3.63, 3.8) is 0 Å². The lowest BCUT2D eigenvalue weighted by Crippen LogP contribution is -2.30. The zero-order valence-electron chi connectivity index (χ0n) is 10.6. The van der Waals surface area contributed by atoms with Gasteiger partial charge in [-0.1, -0.05) is 46.5 Å². The summed E-state index contributed by atoms with van der Waals surface area (Å²) in [4.78, 5) is 0. The van der Waals surface area contributed by atoms with Crippen LogP contribution in [-0.4, -0.2) is 12.6 Å². The topological polar surface area (TPSA) is 12.0 Å². The molecule has 1 nitrogen and oxygen atoms in total. The predicted molar refractivity (Wildman–Crippen MR) is 65.7 cm³/mol. The van der Waals surface area contributed by atoms with Crippen LogP contribution in [0.3, 0.4) is 0 Å². The van der Waals surface area contributed by atoms with Crippen molar-refractivity contribution < 1.29 is 0 Å². The van der Waals surface area contributed by atoms with Gasteiger partial charge >= 0.3 is 0 Å². The summed E-state index contributed by atoms with van der Waals surface area (Å²) in [5.41, 5.74) is 0. The largest absolute Gasteiger partial charge is 0.314 e. The highest BCUT2D eigenvalue weighted by Crippen LogP contribution is 2.11. The predicted octanol–water partition coefficient (Wildman–Crippen LogP) is 3.98. The van der Waals surface area contributed by atoms with Crippen molar-refractivity contribution >= 4 is 0 Å². The molecule has 2 atom stereocenters. The van der Waals surface area contributed by atoms with Crippen molar-refractivity contribution in [1.82, 2.24) is 5.32 Å². The van der Waals surface area contributed by atoms with E-state index in [1.54, 1.807) is 0 Å². The highest BCUT2D eigenvalue weighted by molar-refractivity contribution is 4.65. The van der Waals surface area contributed by atoms with Crippen LogP contribution in [0.15, 0.2) is 0 Å². The average molecular weight is 199 g/mol. The van der Waals surface area contributed by atoms with Gasteiger partial charge < -0.3 is 5.32 Å². The number of hydrogen-bond donors (Lipinski definition) is 1. The molecule has 0 aromatic heterocycles. The van der Waals surface area contributed by atoms with Gasteiger partial charge in [-0.2, -0.15) is 0 Å². The van der Waals surface area contributed by atoms with Crippen molar-refractivity contribution in [2.45, 2.75) is 72.3 Å². The van der Waals surface area contributed by atoms with Crippen LogP contribution in [0.1, 0.15) is 66.2 Å². The van der Waals surface area contributed by atoms with Crippen molar-refractivity contribution in [2.24, 2.45) is 5.92 Å². The van der Waals surface area contributed by atoms with Crippen LogP contribution >= 0.6 is 0 Å². The maximum absolute atomic E-state index is 3.64. The van der Waals surface area contributed by atoms with Crippen LogP contribution in [0.25, 0.3) is 0 Å². The van der Waals surface area contributed by atoms with Crippen LogP contribution in [0.4, 0.5) is 0 Å². The maximum Gasteiger partial charge on any atom is 0.00387 e. The van der Waals surface area contributed by atoms with E-state index in [0.29, 0.717) is 6.04 Å². The molecular weight excluding hydrogens is 170 g/mol. The summed E-state index contributed by atoms with van der Waals surface area (Å²) in [6.07, 6.45) is 8.05. The lowest BCUT2D eigenvalue weighted by Gasteiger charge is -2.19. The summed E-state index contributed by atoms with van der Waals surface area (Å²) in [5.74, 6) is 0.897. The average Bonchev–Trinajstić information content (AvgIpc) is 2.19. The molecule has 1 heteroatoms. The number of unbranched alkanes of at least 4 members (excludes halogenated alkanes) is 1. The summed E-state index contributed by atoms with van der Waals surface area (Å²) >= 11 is 0. The second kappa shape index (κ2) is 9.51. The van der Waals surface area contributed by atoms with Gasteiger partial charge in [0.05, 0.1) is 0 Å². The second-order valence-electron chi connectivity index (χ2n) is 4.51. The van der Waals surface area contributed by atoms with Gasteiger partial charge in [0.1, 0.15) is 0 Å². The van der Waals surface area contributed by atoms with E-state index in [4.69, 9.17) is 0 Å². The minimum atomic E-state index is 0.704. The molecule has 86 valence electrons. The summed E-state index contributed by atoms with van der Waals surface area (Å²) < 4.78 is 0. The third-order valence-corrected chi connectivity index (χ3v) is 3.02. The Balaban J connectivity index is 3.50. The first-order chi connectivity index (χ1) is 6.74. The Morgan fingerprint density at radius 1 is 1.00 bits per heavy atom. The lowest BCUT2D eigenvalue weighted by atomic mass is 9.99. The first kappa shape index (κ1) is 14.0. The minimum Gasteiger partial charge on any atom is -0.314 e. The fourth-order valence-corrected chi connectivity index (χ4v) is 1.85. The Labute approximate surface area is 90.7 Å². The third-order valence-electron chi connectivity index (χ3n) is 3.02. The van der Waals surface area contributed by atoms with Gasteiger partial charge in [0.15, 0.2) is 0 Å². The van der Waals surface area contributed by atoms with Gasteiger partial charge in [-0.25, -0.2) is 0 Å². The van der Waals surface area contributed by atoms with Gasteiger partial charge in [0.2, 0.25) is 0 Å². The standard InChI is InChI=1S/C13H29N/c1-5-8-10-13(7-3)11-14-12(4)9-6-2/h12-14H,5-11H2,1-4H3. The molecule has 0 aliphatic rings. The molecular formula is C13H29N. The Morgan fingerprint density at radius 3 is 2.21 bits per heavy atom. The molecule has 0 rings (SSSR count). The van der Waals surface area contributed by atoms with Crippen LogP contribution in [0.2, 0.25) is 0 Å². The molecule has 14 heavy (non-hydrogen) atoms. The fourth-order valence-electron chi connectivity index (χ4n) is 1.85. The monoisotopic (exact) mass is 199 g/mol. The van der Waals surface area contributed by atoms with E-state index in [1.807, 2.05) is 0 Å². The third kappa shape index (κ3) is 7.37. The molecule has 1 N–H and O–H groups in total. The summed E-state index contributed by atoms with van der Waals surface area (Å²) in [6, 6.07) is 0.704. The molecule has 0 radical (unpaired) electrons. The van der Waals surface area contributed by atoms with E-state index < -0.39 is 0 Å². The van der Waals surface area contributed by atoms with Crippen LogP contribution in [0.5, 0.6) is 0 Å². The Kier molecular flexibility index (Phi) is 9.49. The number of nitrogens with one attached hydrogen (secondary N) is 1. The summed E-state index contributed by atoms with van der Waals surface area (Å²) in [6.45, 7) is 10.4. The molecule has 0 heterocycles. The molecule has 0 saturated heterocycles. The van der Waals surface area contributed by atoms with Crippen molar-refractivity contribution in [1.29, 1.82) is 0 Å². The van der Waals surface area contributed by atoms with Crippen LogP contribution < -0.4 is 5.32 Å². The molecule has 2 unspecified atom stereocenters. The number of rotatable bonds is 9. The minimum absolute atomic E-state index is 0.704. The molecule has 0 fully saturated rings. The molecule has 0 aromatic rings. The molecule has 0 saturated carbocycles. The molecule has 0 amide bonds. The molecule has 0 aromatic carbocycles. The van der Waals surface area contributed by atoms with E-state index >= 15 is 0 Å². The second-order valence-corrected chi connectivity index (χ2v) is 4.51. The number of hydrogen-bond acceptors (Lipinski definition) is 1. The Morgan fingerprint density at radius 2 is 1.71 bits per heavy atom. The van der Waals surface area contributed by atoms with Crippen LogP contribution in [0, 0.1) is 5.92 Å². The molecule has 0 bridgehead atoms. The van der Waals surface area contributed by atoms with Gasteiger partial charge in [-0.3, -0.25) is 0 Å². The van der Waals surface area contributed by atoms with Gasteiger partial charge in [0, 0.05) is 6.04 Å². The van der Waals surface area contributed by atoms with Crippen molar-refractivity contribution in [3.05, 3.63) is 0 Å². The van der Waals surface area contributed by atoms with E-state index in [2.05, 4.69) is 33.0 Å². The highest BCUT2D eigenvalue weighted by atomic mass is 14.9. The smallest absolute Gasteiger partial charge is 0.00387 e. The van der Waals surface area contributed by atoms with Gasteiger partial charge in [-0.05, 0) is 32.2 Å². The van der Waals surface area contributed by atoms with Crippen LogP contribution in [-0.2, 0) is 0 Å². The van der Waals surface area contributed by atoms with E-state index in [9.17, 15) is 0 Å². The maximum atomic E-state index is 3.64.